The Morgan fingerprint density at radius 1 is 0.283 bits per heavy atom. The quantitative estimate of drug-likeness (QED) is 0.183. The SMILES string of the molecule is c1ccc(-c2cc(-c3ccccc3)cc(-n3c4ccccc4c4cc5c6ccccc6n6c7ccccc7cc6c5cc43)c2)cc1. The largest absolute Gasteiger partial charge is 0.309 e. The van der Waals surface area contributed by atoms with E-state index in [4.69, 9.17) is 0 Å². The first-order valence-electron chi connectivity index (χ1n) is 15.9. The zero-order chi connectivity index (χ0) is 30.2. The topological polar surface area (TPSA) is 9.34 Å². The summed E-state index contributed by atoms with van der Waals surface area (Å²) in [5.41, 5.74) is 12.1. The molecule has 0 spiro atoms. The molecular formula is C44H28N2. The molecule has 0 saturated heterocycles. The van der Waals surface area contributed by atoms with E-state index in [9.17, 15) is 0 Å². The average molecular weight is 585 g/mol. The van der Waals surface area contributed by atoms with Crippen molar-refractivity contribution in [2.24, 2.45) is 0 Å². The Morgan fingerprint density at radius 3 is 1.52 bits per heavy atom. The fraction of sp³-hybridized carbons (Fsp3) is 0. The van der Waals surface area contributed by atoms with Crippen LogP contribution in [0, 0.1) is 0 Å². The summed E-state index contributed by atoms with van der Waals surface area (Å²) in [4.78, 5) is 0. The summed E-state index contributed by atoms with van der Waals surface area (Å²) in [6, 6.07) is 62.1. The van der Waals surface area contributed by atoms with Crippen molar-refractivity contribution in [3.8, 4) is 27.9 Å². The number of aromatic nitrogens is 2. The molecule has 0 bridgehead atoms. The summed E-state index contributed by atoms with van der Waals surface area (Å²) in [5, 5.41) is 7.58. The number of benzene rings is 7. The zero-order valence-electron chi connectivity index (χ0n) is 25.1. The molecule has 0 fully saturated rings. The number of hydrogen-bond acceptors (Lipinski definition) is 0. The maximum Gasteiger partial charge on any atom is 0.0548 e. The Kier molecular flexibility index (Phi) is 5.31. The van der Waals surface area contributed by atoms with E-state index in [1.54, 1.807) is 0 Å². The summed E-state index contributed by atoms with van der Waals surface area (Å²) in [5.74, 6) is 0. The molecule has 3 heterocycles. The molecule has 10 aromatic rings. The average Bonchev–Trinajstić information content (AvgIpc) is 3.68. The highest BCUT2D eigenvalue weighted by molar-refractivity contribution is 6.22. The van der Waals surface area contributed by atoms with Gasteiger partial charge in [0.15, 0.2) is 0 Å². The third kappa shape index (κ3) is 3.65. The summed E-state index contributed by atoms with van der Waals surface area (Å²) in [7, 11) is 0. The van der Waals surface area contributed by atoms with Gasteiger partial charge in [-0.1, -0.05) is 115 Å². The lowest BCUT2D eigenvalue weighted by atomic mass is 9.98. The Labute approximate surface area is 266 Å². The molecule has 0 aliphatic rings. The predicted octanol–water partition coefficient (Wildman–Crippen LogP) is 11.8. The van der Waals surface area contributed by atoms with E-state index in [1.807, 2.05) is 0 Å². The zero-order valence-corrected chi connectivity index (χ0v) is 25.1. The van der Waals surface area contributed by atoms with E-state index in [2.05, 4.69) is 179 Å². The first-order valence-corrected chi connectivity index (χ1v) is 15.9. The van der Waals surface area contributed by atoms with E-state index < -0.39 is 0 Å². The second kappa shape index (κ2) is 9.69. The van der Waals surface area contributed by atoms with Gasteiger partial charge in [-0.25, -0.2) is 0 Å². The molecule has 0 amide bonds. The molecule has 0 radical (unpaired) electrons. The van der Waals surface area contributed by atoms with Gasteiger partial charge in [0.05, 0.1) is 27.6 Å². The van der Waals surface area contributed by atoms with Gasteiger partial charge < -0.3 is 8.97 Å². The number of rotatable bonds is 3. The Balaban J connectivity index is 1.37. The molecule has 46 heavy (non-hydrogen) atoms. The first-order chi connectivity index (χ1) is 22.8. The fourth-order valence-electron chi connectivity index (χ4n) is 7.57. The highest BCUT2D eigenvalue weighted by Gasteiger charge is 2.18. The van der Waals surface area contributed by atoms with E-state index in [-0.39, 0.29) is 0 Å². The molecule has 0 aliphatic heterocycles. The van der Waals surface area contributed by atoms with E-state index in [0.29, 0.717) is 0 Å². The molecule has 0 unspecified atom stereocenters. The monoisotopic (exact) mass is 584 g/mol. The lowest BCUT2D eigenvalue weighted by Crippen LogP contribution is -1.96. The van der Waals surface area contributed by atoms with Crippen molar-refractivity contribution in [3.05, 3.63) is 170 Å². The Bertz CT molecular complexity index is 2730. The van der Waals surface area contributed by atoms with Gasteiger partial charge in [-0.15, -0.1) is 0 Å². The van der Waals surface area contributed by atoms with Gasteiger partial charge in [0.1, 0.15) is 0 Å². The maximum atomic E-state index is 2.47. The van der Waals surface area contributed by atoms with Crippen LogP contribution in [0.2, 0.25) is 0 Å². The normalized spacial score (nSPS) is 11.9. The van der Waals surface area contributed by atoms with Crippen LogP contribution in [0.5, 0.6) is 0 Å². The molecule has 0 aliphatic carbocycles. The van der Waals surface area contributed by atoms with Crippen LogP contribution in [0.1, 0.15) is 0 Å². The van der Waals surface area contributed by atoms with Crippen molar-refractivity contribution in [2.45, 2.75) is 0 Å². The van der Waals surface area contributed by atoms with Crippen molar-refractivity contribution < 1.29 is 0 Å². The number of fused-ring (bicyclic) bond motifs is 11. The number of hydrogen-bond donors (Lipinski definition) is 0. The minimum atomic E-state index is 1.16. The van der Waals surface area contributed by atoms with Crippen LogP contribution in [0.3, 0.4) is 0 Å². The molecule has 0 saturated carbocycles. The second-order valence-electron chi connectivity index (χ2n) is 12.2. The summed E-state index contributed by atoms with van der Waals surface area (Å²) in [6.45, 7) is 0. The minimum Gasteiger partial charge on any atom is -0.309 e. The predicted molar refractivity (Wildman–Crippen MR) is 195 cm³/mol. The van der Waals surface area contributed by atoms with Gasteiger partial charge in [-0.2, -0.15) is 0 Å². The minimum absolute atomic E-state index is 1.16. The van der Waals surface area contributed by atoms with Crippen LogP contribution >= 0.6 is 0 Å². The van der Waals surface area contributed by atoms with Crippen molar-refractivity contribution >= 4 is 59.9 Å². The highest BCUT2D eigenvalue weighted by Crippen LogP contribution is 2.41. The van der Waals surface area contributed by atoms with Crippen LogP contribution in [-0.4, -0.2) is 8.97 Å². The molecule has 0 atom stereocenters. The van der Waals surface area contributed by atoms with E-state index in [1.165, 1.54) is 82.2 Å². The number of nitrogens with zero attached hydrogens (tertiary/aromatic N) is 2. The summed E-state index contributed by atoms with van der Waals surface area (Å²) >= 11 is 0. The first kappa shape index (κ1) is 25.2. The van der Waals surface area contributed by atoms with Crippen LogP contribution in [0.4, 0.5) is 0 Å². The van der Waals surface area contributed by atoms with E-state index >= 15 is 0 Å². The molecular weight excluding hydrogens is 556 g/mol. The van der Waals surface area contributed by atoms with Crippen molar-refractivity contribution in [1.29, 1.82) is 0 Å². The lowest BCUT2D eigenvalue weighted by molar-refractivity contribution is 1.18. The number of para-hydroxylation sites is 3. The summed E-state index contributed by atoms with van der Waals surface area (Å²) in [6.07, 6.45) is 0. The lowest BCUT2D eigenvalue weighted by Gasteiger charge is -2.15. The van der Waals surface area contributed by atoms with Crippen LogP contribution in [-0.2, 0) is 0 Å². The third-order valence-corrected chi connectivity index (χ3v) is 9.62. The third-order valence-electron chi connectivity index (χ3n) is 9.62. The fourth-order valence-corrected chi connectivity index (χ4v) is 7.57. The molecule has 2 heteroatoms. The molecule has 2 nitrogen and oxygen atoms in total. The van der Waals surface area contributed by atoms with Crippen molar-refractivity contribution in [3.63, 3.8) is 0 Å². The second-order valence-corrected chi connectivity index (χ2v) is 12.2. The van der Waals surface area contributed by atoms with Gasteiger partial charge in [-0.05, 0) is 82.2 Å². The molecule has 214 valence electrons. The van der Waals surface area contributed by atoms with E-state index in [0.717, 1.165) is 5.69 Å². The smallest absolute Gasteiger partial charge is 0.0548 e. The van der Waals surface area contributed by atoms with Crippen LogP contribution in [0.25, 0.3) is 87.8 Å². The van der Waals surface area contributed by atoms with Gasteiger partial charge in [0.2, 0.25) is 0 Å². The Hall–Kier alpha value is -6.12. The molecule has 3 aromatic heterocycles. The van der Waals surface area contributed by atoms with Crippen LogP contribution < -0.4 is 0 Å². The van der Waals surface area contributed by atoms with Gasteiger partial charge in [0, 0.05) is 32.6 Å². The van der Waals surface area contributed by atoms with Gasteiger partial charge >= 0.3 is 0 Å². The number of pyridine rings is 1. The van der Waals surface area contributed by atoms with Gasteiger partial charge in [0.25, 0.3) is 0 Å². The summed E-state index contributed by atoms with van der Waals surface area (Å²) < 4.78 is 4.91. The standard InChI is InChI=1S/C44H28N2/c1-3-13-29(14-4-1)32-23-33(30-15-5-2-6-16-30)25-34(24-32)45-41-21-11-9-19-36(41)38-27-37-35-18-8-12-22-42(35)46-40-20-10-7-17-31(40)26-43(46)39(37)28-44(38)45/h1-28H. The van der Waals surface area contributed by atoms with Crippen LogP contribution in [0.15, 0.2) is 170 Å². The van der Waals surface area contributed by atoms with Gasteiger partial charge in [-0.3, -0.25) is 0 Å². The highest BCUT2D eigenvalue weighted by atomic mass is 15.0. The van der Waals surface area contributed by atoms with Crippen molar-refractivity contribution in [2.75, 3.05) is 0 Å². The maximum absolute atomic E-state index is 2.47. The molecule has 7 aromatic carbocycles. The van der Waals surface area contributed by atoms with Crippen molar-refractivity contribution in [1.82, 2.24) is 8.97 Å². The molecule has 10 rings (SSSR count). The molecule has 0 N–H and O–H groups in total. The Morgan fingerprint density at radius 2 is 0.826 bits per heavy atom.